The Morgan fingerprint density at radius 3 is 2.18 bits per heavy atom. The van der Waals surface area contributed by atoms with Gasteiger partial charge in [0.2, 0.25) is 6.10 Å². The highest BCUT2D eigenvalue weighted by molar-refractivity contribution is 7.95. The van der Waals surface area contributed by atoms with Crippen LogP contribution in [0.15, 0.2) is 12.0 Å². The third-order valence-corrected chi connectivity index (χ3v) is 2.48. The van der Waals surface area contributed by atoms with Crippen LogP contribution in [0.5, 0.6) is 0 Å². The fraction of sp³-hybridized carbons (Fsp3) is 0.714. The summed E-state index contributed by atoms with van der Waals surface area (Å²) < 4.78 is 126. The van der Waals surface area contributed by atoms with Gasteiger partial charge in [0.15, 0.2) is 0 Å². The summed E-state index contributed by atoms with van der Waals surface area (Å²) in [6.45, 7) is -1.38. The second kappa shape index (κ2) is 6.59. The number of rotatable bonds is 7. The third kappa shape index (κ3) is 4.23. The maximum atomic E-state index is 13.3. The predicted octanol–water partition coefficient (Wildman–Crippen LogP) is 3.74. The van der Waals surface area contributed by atoms with E-state index in [1.54, 1.807) is 0 Å². The second-order valence-electron chi connectivity index (χ2n) is 3.38. The lowest BCUT2D eigenvalue weighted by atomic mass is 10.3. The van der Waals surface area contributed by atoms with Crippen LogP contribution in [0.1, 0.15) is 0 Å². The number of halogens is 9. The molecule has 0 aromatic rings. The highest BCUT2D eigenvalue weighted by Gasteiger charge is 2.66. The molecule has 1 atom stereocenters. The molecule has 130 valence electrons. The summed E-state index contributed by atoms with van der Waals surface area (Å²) >= 11 is -1.67. The molecule has 0 aromatic heterocycles. The van der Waals surface area contributed by atoms with E-state index in [9.17, 15) is 39.6 Å². The largest absolute Gasteiger partial charge is 0.457 e. The van der Waals surface area contributed by atoms with E-state index in [0.29, 0.717) is 0 Å². The Morgan fingerprint density at radius 1 is 1.14 bits per heavy atom. The zero-order valence-electron chi connectivity index (χ0n) is 9.64. The van der Waals surface area contributed by atoms with Crippen molar-refractivity contribution in [2.24, 2.45) is 0 Å². The minimum atomic E-state index is -5.91. The van der Waals surface area contributed by atoms with Gasteiger partial charge in [-0.3, -0.25) is 0 Å². The first-order valence-electron chi connectivity index (χ1n) is 4.74. The van der Waals surface area contributed by atoms with Gasteiger partial charge >= 0.3 is 29.5 Å². The first-order chi connectivity index (χ1) is 9.93. The van der Waals surface area contributed by atoms with E-state index in [2.05, 4.69) is 23.6 Å². The Kier molecular flexibility index (Phi) is 5.69. The average Bonchev–Trinajstić information content (AvgIpc) is 2.85. The van der Waals surface area contributed by atoms with Gasteiger partial charge in [-0.2, -0.15) is 35.1 Å². The molecule has 0 aliphatic carbocycles. The van der Waals surface area contributed by atoms with E-state index in [4.69, 9.17) is 0 Å². The summed E-state index contributed by atoms with van der Waals surface area (Å²) in [7, 11) is 0. The molecule has 1 heterocycles. The van der Waals surface area contributed by atoms with E-state index in [1.807, 2.05) is 0 Å². The highest BCUT2D eigenvalue weighted by Crippen LogP contribution is 2.48. The van der Waals surface area contributed by atoms with Gasteiger partial charge in [-0.1, -0.05) is 0 Å². The topological polar surface area (TPSA) is 46.2 Å². The molecule has 15 heteroatoms. The van der Waals surface area contributed by atoms with Crippen molar-refractivity contribution in [3.8, 4) is 0 Å². The van der Waals surface area contributed by atoms with Crippen molar-refractivity contribution >= 4 is 12.0 Å². The zero-order valence-corrected chi connectivity index (χ0v) is 10.5. The molecule has 0 saturated carbocycles. The van der Waals surface area contributed by atoms with E-state index < -0.39 is 54.3 Å². The van der Waals surface area contributed by atoms with Gasteiger partial charge in [0.25, 0.3) is 0 Å². The van der Waals surface area contributed by atoms with E-state index in [0.717, 1.165) is 0 Å². The molecule has 0 bridgehead atoms. The summed E-state index contributed by atoms with van der Waals surface area (Å²) in [5.41, 5.74) is 0. The van der Waals surface area contributed by atoms with Gasteiger partial charge in [0, 0.05) is 0 Å². The van der Waals surface area contributed by atoms with Gasteiger partial charge in [-0.15, -0.1) is 4.33 Å². The number of alkyl halides is 6. The van der Waals surface area contributed by atoms with Gasteiger partial charge in [0.1, 0.15) is 18.6 Å². The fourth-order valence-corrected chi connectivity index (χ4v) is 1.26. The molecule has 0 amide bonds. The highest BCUT2D eigenvalue weighted by atomic mass is 32.2. The summed E-state index contributed by atoms with van der Waals surface area (Å²) in [4.78, 5) is 0. The Balaban J connectivity index is 2.80. The molecular formula is C7H3F9O5S. The van der Waals surface area contributed by atoms with E-state index >= 15 is 0 Å². The molecule has 0 radical (unpaired) electrons. The second-order valence-corrected chi connectivity index (χ2v) is 4.19. The van der Waals surface area contributed by atoms with E-state index in [-0.39, 0.29) is 0 Å². The molecule has 1 rings (SSSR count). The molecule has 22 heavy (non-hydrogen) atoms. The van der Waals surface area contributed by atoms with Gasteiger partial charge in [0.05, 0.1) is 0 Å². The first kappa shape index (κ1) is 19.0. The van der Waals surface area contributed by atoms with Crippen LogP contribution in [-0.2, 0) is 23.6 Å². The smallest absolute Gasteiger partial charge is 0.436 e. The molecule has 0 N–H and O–H groups in total. The lowest BCUT2D eigenvalue weighted by Crippen LogP contribution is -2.50. The predicted molar refractivity (Wildman–Crippen MR) is 46.9 cm³/mol. The molecule has 5 nitrogen and oxygen atoms in total. The molecule has 1 saturated heterocycles. The van der Waals surface area contributed by atoms with Crippen molar-refractivity contribution in [3.63, 3.8) is 0 Å². The van der Waals surface area contributed by atoms with Crippen LogP contribution in [0, 0.1) is 0 Å². The Labute approximate surface area is 118 Å². The number of hydrogen-bond donors (Lipinski definition) is 0. The van der Waals surface area contributed by atoms with Crippen LogP contribution in [0.3, 0.4) is 0 Å². The molecule has 1 unspecified atom stereocenters. The Hall–Kier alpha value is -1.06. The minimum Gasteiger partial charge on any atom is -0.457 e. The minimum absolute atomic E-state index is 1.38. The van der Waals surface area contributed by atoms with Gasteiger partial charge in [-0.05, 0) is 9.62 Å². The lowest BCUT2D eigenvalue weighted by Gasteiger charge is -2.29. The van der Waals surface area contributed by atoms with Crippen molar-refractivity contribution in [1.29, 1.82) is 0 Å². The molecule has 0 aromatic carbocycles. The summed E-state index contributed by atoms with van der Waals surface area (Å²) in [6, 6.07) is 0. The van der Waals surface area contributed by atoms with Crippen molar-refractivity contribution in [1.82, 2.24) is 0 Å². The van der Waals surface area contributed by atoms with Crippen LogP contribution in [0.25, 0.3) is 0 Å². The molecule has 0 spiro atoms. The third-order valence-electron chi connectivity index (χ3n) is 1.91. The summed E-state index contributed by atoms with van der Waals surface area (Å²) in [6.07, 6.45) is -16.6. The van der Waals surface area contributed by atoms with Crippen molar-refractivity contribution in [2.45, 2.75) is 23.6 Å². The fourth-order valence-electron chi connectivity index (χ4n) is 1.01. The van der Waals surface area contributed by atoms with Crippen LogP contribution in [-0.4, -0.2) is 30.2 Å². The summed E-state index contributed by atoms with van der Waals surface area (Å²) in [5.74, 6) is -1.69. The van der Waals surface area contributed by atoms with Gasteiger partial charge in [-0.25, -0.2) is 4.74 Å². The number of ether oxygens (including phenoxy) is 3. The van der Waals surface area contributed by atoms with E-state index in [1.165, 1.54) is 0 Å². The van der Waals surface area contributed by atoms with Crippen molar-refractivity contribution < 1.29 is 63.3 Å². The summed E-state index contributed by atoms with van der Waals surface area (Å²) in [5, 5.41) is -3.41. The van der Waals surface area contributed by atoms with Gasteiger partial charge < -0.3 is 9.47 Å². The van der Waals surface area contributed by atoms with Crippen LogP contribution < -0.4 is 0 Å². The molecule has 1 aliphatic rings. The number of hydrogen-bond acceptors (Lipinski definition) is 6. The molecule has 1 aliphatic heterocycles. The van der Waals surface area contributed by atoms with Crippen LogP contribution in [0.2, 0.25) is 0 Å². The maximum Gasteiger partial charge on any atom is 0.436 e. The molecular weight excluding hydrogens is 367 g/mol. The normalized spacial score (nSPS) is 19.9. The van der Waals surface area contributed by atoms with Crippen molar-refractivity contribution in [2.75, 3.05) is 6.61 Å². The lowest BCUT2D eigenvalue weighted by molar-refractivity contribution is -0.430. The molecule has 1 fully saturated rings. The SMILES string of the molecule is FOOSC(F)(F)C(F)(F)OC(F)(F)C1COC(=C(F)F)O1. The monoisotopic (exact) mass is 370 g/mol. The first-order valence-corrected chi connectivity index (χ1v) is 5.48. The average molecular weight is 370 g/mol. The van der Waals surface area contributed by atoms with Crippen LogP contribution >= 0.6 is 12.0 Å². The Bertz CT molecular complexity index is 427. The standard InChI is InChI=1S/C7H3F9O5S/c8-3(9)4-17-1-2(18-4)5(10,11)19-6(12,13)7(14,15)22-21-20-16/h2H,1H2. The zero-order chi connectivity index (χ0) is 17.2. The maximum absolute atomic E-state index is 13.3. The van der Waals surface area contributed by atoms with Crippen LogP contribution in [0.4, 0.5) is 39.6 Å². The van der Waals surface area contributed by atoms with Crippen molar-refractivity contribution in [3.05, 3.63) is 12.0 Å². The quantitative estimate of drug-likeness (QED) is 0.295. The Morgan fingerprint density at radius 2 is 1.73 bits per heavy atom.